The highest BCUT2D eigenvalue weighted by Gasteiger charge is 2.11. The molecule has 4 nitrogen and oxygen atoms in total. The van der Waals surface area contributed by atoms with Gasteiger partial charge in [-0.3, -0.25) is 4.98 Å². The minimum absolute atomic E-state index is 0.820. The second kappa shape index (κ2) is 6.02. The number of nitrogens with one attached hydrogen (secondary N) is 1. The number of rotatable bonds is 3. The lowest BCUT2D eigenvalue weighted by Gasteiger charge is -2.05. The third-order valence-corrected chi connectivity index (χ3v) is 5.05. The van der Waals surface area contributed by atoms with Crippen molar-refractivity contribution in [1.82, 2.24) is 15.0 Å². The number of aromatic nitrogens is 3. The van der Waals surface area contributed by atoms with Gasteiger partial charge in [0.25, 0.3) is 0 Å². The standard InChI is InChI=1S/C19H16N4S/c1-12-5-10-21-17(11-12)23-19-22-16-4-3-15(13(2)18(16)24-19)14-6-8-20-9-7-14/h3-11H,1-2H3,(H,21,22,23). The first-order chi connectivity index (χ1) is 11.7. The summed E-state index contributed by atoms with van der Waals surface area (Å²) in [4.78, 5) is 13.1. The van der Waals surface area contributed by atoms with Gasteiger partial charge in [0, 0.05) is 18.6 Å². The summed E-state index contributed by atoms with van der Waals surface area (Å²) in [5.74, 6) is 0.820. The third-order valence-electron chi connectivity index (χ3n) is 3.95. The molecule has 4 aromatic rings. The van der Waals surface area contributed by atoms with Crippen LogP contribution in [-0.4, -0.2) is 15.0 Å². The van der Waals surface area contributed by atoms with Crippen LogP contribution in [0.3, 0.4) is 0 Å². The first kappa shape index (κ1) is 14.8. The fraction of sp³-hybridized carbons (Fsp3) is 0.105. The van der Waals surface area contributed by atoms with Crippen LogP contribution in [0.4, 0.5) is 10.9 Å². The topological polar surface area (TPSA) is 50.7 Å². The molecule has 0 amide bonds. The molecular formula is C19H16N4S. The van der Waals surface area contributed by atoms with Crippen LogP contribution in [0.25, 0.3) is 21.3 Å². The molecule has 0 aliphatic rings. The van der Waals surface area contributed by atoms with Crippen molar-refractivity contribution in [2.75, 3.05) is 5.32 Å². The van der Waals surface area contributed by atoms with E-state index in [0.29, 0.717) is 0 Å². The highest BCUT2D eigenvalue weighted by Crippen LogP contribution is 2.35. The van der Waals surface area contributed by atoms with Crippen molar-refractivity contribution < 1.29 is 0 Å². The van der Waals surface area contributed by atoms with E-state index in [1.807, 2.05) is 36.7 Å². The largest absolute Gasteiger partial charge is 0.316 e. The lowest BCUT2D eigenvalue weighted by molar-refractivity contribution is 1.27. The van der Waals surface area contributed by atoms with Crippen molar-refractivity contribution in [1.29, 1.82) is 0 Å². The van der Waals surface area contributed by atoms with E-state index >= 15 is 0 Å². The second-order valence-electron chi connectivity index (χ2n) is 5.68. The average Bonchev–Trinajstić information content (AvgIpc) is 2.99. The van der Waals surface area contributed by atoms with Gasteiger partial charge in [0.15, 0.2) is 5.13 Å². The zero-order chi connectivity index (χ0) is 16.5. The fourth-order valence-corrected chi connectivity index (χ4v) is 3.71. The number of benzene rings is 1. The molecule has 4 rings (SSSR count). The van der Waals surface area contributed by atoms with Gasteiger partial charge >= 0.3 is 0 Å². The summed E-state index contributed by atoms with van der Waals surface area (Å²) >= 11 is 1.66. The van der Waals surface area contributed by atoms with Crippen molar-refractivity contribution in [3.8, 4) is 11.1 Å². The van der Waals surface area contributed by atoms with Crippen molar-refractivity contribution in [3.63, 3.8) is 0 Å². The molecule has 1 aromatic carbocycles. The Morgan fingerprint density at radius 1 is 0.958 bits per heavy atom. The number of aryl methyl sites for hydroxylation is 2. The molecule has 1 N–H and O–H groups in total. The molecule has 0 atom stereocenters. The van der Waals surface area contributed by atoms with Crippen LogP contribution in [0.5, 0.6) is 0 Å². The molecule has 118 valence electrons. The van der Waals surface area contributed by atoms with Crippen molar-refractivity contribution in [2.24, 2.45) is 0 Å². The maximum absolute atomic E-state index is 4.69. The molecule has 0 aliphatic carbocycles. The van der Waals surface area contributed by atoms with Crippen LogP contribution in [0, 0.1) is 13.8 Å². The van der Waals surface area contributed by atoms with Gasteiger partial charge < -0.3 is 5.32 Å². The molecule has 0 fully saturated rings. The summed E-state index contributed by atoms with van der Waals surface area (Å²) in [6.45, 7) is 4.20. The highest BCUT2D eigenvalue weighted by atomic mass is 32.1. The van der Waals surface area contributed by atoms with Crippen LogP contribution >= 0.6 is 11.3 Å². The Morgan fingerprint density at radius 3 is 2.58 bits per heavy atom. The predicted octanol–water partition coefficient (Wildman–Crippen LogP) is 5.11. The predicted molar refractivity (Wildman–Crippen MR) is 99.8 cm³/mol. The maximum atomic E-state index is 4.69. The van der Waals surface area contributed by atoms with Crippen LogP contribution in [0.1, 0.15) is 11.1 Å². The number of hydrogen-bond acceptors (Lipinski definition) is 5. The fourth-order valence-electron chi connectivity index (χ4n) is 2.73. The van der Waals surface area contributed by atoms with Crippen molar-refractivity contribution in [2.45, 2.75) is 13.8 Å². The number of hydrogen-bond donors (Lipinski definition) is 1. The molecule has 0 unspecified atom stereocenters. The Labute approximate surface area is 144 Å². The van der Waals surface area contributed by atoms with Crippen LogP contribution in [0.15, 0.2) is 55.0 Å². The molecular weight excluding hydrogens is 316 g/mol. The quantitative estimate of drug-likeness (QED) is 0.566. The number of thiazole rings is 1. The van der Waals surface area contributed by atoms with Crippen molar-refractivity contribution in [3.05, 3.63) is 66.1 Å². The SMILES string of the molecule is Cc1ccnc(Nc2nc3ccc(-c4ccncc4)c(C)c3s2)c1. The first-order valence-electron chi connectivity index (χ1n) is 7.71. The lowest BCUT2D eigenvalue weighted by Crippen LogP contribution is -1.92. The zero-order valence-electron chi connectivity index (χ0n) is 13.4. The van der Waals surface area contributed by atoms with Gasteiger partial charge in [-0.15, -0.1) is 0 Å². The maximum Gasteiger partial charge on any atom is 0.189 e. The summed E-state index contributed by atoms with van der Waals surface area (Å²) in [6, 6.07) is 12.3. The normalized spacial score (nSPS) is 10.9. The Morgan fingerprint density at radius 2 is 1.79 bits per heavy atom. The molecule has 3 heterocycles. The van der Waals surface area contributed by atoms with Gasteiger partial charge in [-0.2, -0.15) is 0 Å². The summed E-state index contributed by atoms with van der Waals surface area (Å²) in [6.07, 6.45) is 5.45. The van der Waals surface area contributed by atoms with E-state index in [9.17, 15) is 0 Å². The monoisotopic (exact) mass is 332 g/mol. The molecule has 24 heavy (non-hydrogen) atoms. The molecule has 0 spiro atoms. The molecule has 5 heteroatoms. The van der Waals surface area contributed by atoms with Gasteiger partial charge in [-0.05, 0) is 66.4 Å². The van der Waals surface area contributed by atoms with E-state index in [2.05, 4.69) is 46.2 Å². The zero-order valence-corrected chi connectivity index (χ0v) is 14.3. The Bertz CT molecular complexity index is 1010. The van der Waals surface area contributed by atoms with Gasteiger partial charge in [-0.1, -0.05) is 17.4 Å². The minimum atomic E-state index is 0.820. The molecule has 0 saturated carbocycles. The molecule has 0 bridgehead atoms. The number of nitrogens with zero attached hydrogens (tertiary/aromatic N) is 3. The average molecular weight is 332 g/mol. The number of pyridine rings is 2. The third kappa shape index (κ3) is 2.74. The summed E-state index contributed by atoms with van der Waals surface area (Å²) in [7, 11) is 0. The Balaban J connectivity index is 1.75. The lowest BCUT2D eigenvalue weighted by atomic mass is 10.0. The van der Waals surface area contributed by atoms with Crippen LogP contribution in [-0.2, 0) is 0 Å². The molecule has 0 saturated heterocycles. The Hall–Kier alpha value is -2.79. The smallest absolute Gasteiger partial charge is 0.189 e. The minimum Gasteiger partial charge on any atom is -0.316 e. The van der Waals surface area contributed by atoms with Gasteiger partial charge in [0.1, 0.15) is 5.82 Å². The van der Waals surface area contributed by atoms with E-state index in [-0.39, 0.29) is 0 Å². The first-order valence-corrected chi connectivity index (χ1v) is 8.52. The molecule has 3 aromatic heterocycles. The number of anilines is 2. The van der Waals surface area contributed by atoms with Gasteiger partial charge in [0.2, 0.25) is 0 Å². The summed E-state index contributed by atoms with van der Waals surface area (Å²) in [5.41, 5.74) is 5.80. The Kier molecular flexibility index (Phi) is 3.70. The summed E-state index contributed by atoms with van der Waals surface area (Å²) in [5, 5.41) is 4.17. The van der Waals surface area contributed by atoms with E-state index in [1.165, 1.54) is 27.0 Å². The molecule has 0 radical (unpaired) electrons. The van der Waals surface area contributed by atoms with Crippen LogP contribution < -0.4 is 5.32 Å². The highest BCUT2D eigenvalue weighted by molar-refractivity contribution is 7.22. The van der Waals surface area contributed by atoms with E-state index in [1.54, 1.807) is 17.5 Å². The van der Waals surface area contributed by atoms with Crippen LogP contribution in [0.2, 0.25) is 0 Å². The second-order valence-corrected chi connectivity index (χ2v) is 6.68. The van der Waals surface area contributed by atoms with Gasteiger partial charge in [0.05, 0.1) is 10.2 Å². The summed E-state index contributed by atoms with van der Waals surface area (Å²) < 4.78 is 1.19. The van der Waals surface area contributed by atoms with E-state index in [4.69, 9.17) is 0 Å². The van der Waals surface area contributed by atoms with E-state index < -0.39 is 0 Å². The van der Waals surface area contributed by atoms with Crippen molar-refractivity contribution >= 4 is 32.5 Å². The van der Waals surface area contributed by atoms with E-state index in [0.717, 1.165) is 16.5 Å². The number of fused-ring (bicyclic) bond motifs is 1. The van der Waals surface area contributed by atoms with Gasteiger partial charge in [-0.25, -0.2) is 9.97 Å². The molecule has 0 aliphatic heterocycles.